The Kier molecular flexibility index (Phi) is 4.46. The van der Waals surface area contributed by atoms with Gasteiger partial charge in [-0.05, 0) is 48.4 Å². The van der Waals surface area contributed by atoms with Crippen molar-refractivity contribution in [2.75, 3.05) is 14.2 Å². The molecule has 3 aromatic carbocycles. The van der Waals surface area contributed by atoms with Crippen LogP contribution in [0.15, 0.2) is 76.2 Å². The van der Waals surface area contributed by atoms with Gasteiger partial charge >= 0.3 is 0 Å². The molecule has 0 aliphatic heterocycles. The summed E-state index contributed by atoms with van der Waals surface area (Å²) >= 11 is 1.71. The maximum atomic E-state index is 13.6. The van der Waals surface area contributed by atoms with Crippen LogP contribution in [-0.4, -0.2) is 20.0 Å². The number of fused-ring (bicyclic) bond motifs is 3. The lowest BCUT2D eigenvalue weighted by Gasteiger charge is -2.38. The SMILES string of the molecule is COc1ccc(OC)c2cc3c(cc12)C(=O)c1occ2c1[C@@]3(C)CC=C2Sc1ccccc1. The Balaban J connectivity index is 1.56. The predicted molar refractivity (Wildman–Crippen MR) is 131 cm³/mol. The van der Waals surface area contributed by atoms with Crippen molar-refractivity contribution in [3.05, 3.63) is 95.0 Å². The number of thioether (sulfide) groups is 1. The van der Waals surface area contributed by atoms with E-state index in [4.69, 9.17) is 13.9 Å². The quantitative estimate of drug-likeness (QED) is 0.338. The molecule has 164 valence electrons. The van der Waals surface area contributed by atoms with Crippen molar-refractivity contribution in [3.8, 4) is 11.5 Å². The molecule has 0 unspecified atom stereocenters. The standard InChI is InChI=1S/C28H22O4S/c1-28-12-11-24(33-16-7-5-4-6-8-16)20-15-32-27(25(20)28)26(29)19-13-17-18(14-21(19)28)23(31-3)10-9-22(17)30-2/h4-11,13-15H,12H2,1-3H3/t28-/m0/s1. The van der Waals surface area contributed by atoms with E-state index in [0.717, 1.165) is 49.4 Å². The van der Waals surface area contributed by atoms with E-state index in [0.29, 0.717) is 17.1 Å². The van der Waals surface area contributed by atoms with E-state index in [-0.39, 0.29) is 11.2 Å². The van der Waals surface area contributed by atoms with Crippen LogP contribution in [0.3, 0.4) is 0 Å². The Morgan fingerprint density at radius 3 is 2.33 bits per heavy atom. The fraction of sp³-hybridized carbons (Fsp3) is 0.179. The third kappa shape index (κ3) is 2.82. The fourth-order valence-electron chi connectivity index (χ4n) is 5.18. The number of furan rings is 1. The van der Waals surface area contributed by atoms with Gasteiger partial charge in [-0.25, -0.2) is 0 Å². The van der Waals surface area contributed by atoms with Gasteiger partial charge in [-0.15, -0.1) is 0 Å². The number of ether oxygens (including phenoxy) is 2. The van der Waals surface area contributed by atoms with Gasteiger partial charge in [0.25, 0.3) is 0 Å². The minimum Gasteiger partial charge on any atom is -0.496 e. The zero-order valence-electron chi connectivity index (χ0n) is 18.6. The molecule has 0 radical (unpaired) electrons. The van der Waals surface area contributed by atoms with Crippen molar-refractivity contribution in [1.82, 2.24) is 0 Å². The zero-order valence-corrected chi connectivity index (χ0v) is 19.4. The van der Waals surface area contributed by atoms with Crippen LogP contribution in [0.4, 0.5) is 0 Å². The highest BCUT2D eigenvalue weighted by Gasteiger charge is 2.46. The molecule has 0 spiro atoms. The van der Waals surface area contributed by atoms with E-state index in [1.54, 1.807) is 32.2 Å². The summed E-state index contributed by atoms with van der Waals surface area (Å²) in [6, 6.07) is 18.1. The normalized spacial score (nSPS) is 18.5. The van der Waals surface area contributed by atoms with Crippen LogP contribution in [0.25, 0.3) is 15.7 Å². The van der Waals surface area contributed by atoms with Crippen LogP contribution in [0.1, 0.15) is 46.2 Å². The Morgan fingerprint density at radius 1 is 0.939 bits per heavy atom. The van der Waals surface area contributed by atoms with E-state index in [1.807, 2.05) is 36.4 Å². The first-order chi connectivity index (χ1) is 16.0. The molecule has 6 rings (SSSR count). The van der Waals surface area contributed by atoms with Gasteiger partial charge < -0.3 is 13.9 Å². The first-order valence-electron chi connectivity index (χ1n) is 10.8. The van der Waals surface area contributed by atoms with Crippen LogP contribution in [0.2, 0.25) is 0 Å². The molecule has 0 saturated heterocycles. The lowest BCUT2D eigenvalue weighted by Crippen LogP contribution is -2.34. The van der Waals surface area contributed by atoms with E-state index < -0.39 is 0 Å². The lowest BCUT2D eigenvalue weighted by molar-refractivity contribution is 0.0999. The summed E-state index contributed by atoms with van der Waals surface area (Å²) in [4.78, 5) is 15.9. The number of ketones is 1. The monoisotopic (exact) mass is 454 g/mol. The maximum Gasteiger partial charge on any atom is 0.228 e. The molecule has 0 saturated carbocycles. The second-order valence-corrected chi connectivity index (χ2v) is 9.73. The van der Waals surface area contributed by atoms with Crippen LogP contribution < -0.4 is 9.47 Å². The second kappa shape index (κ2) is 7.29. The number of hydrogen-bond donors (Lipinski definition) is 0. The molecule has 33 heavy (non-hydrogen) atoms. The molecule has 5 heteroatoms. The largest absolute Gasteiger partial charge is 0.496 e. The summed E-state index contributed by atoms with van der Waals surface area (Å²) in [6.07, 6.45) is 4.79. The highest BCUT2D eigenvalue weighted by Crippen LogP contribution is 2.54. The molecule has 0 amide bonds. The van der Waals surface area contributed by atoms with Crippen molar-refractivity contribution in [1.29, 1.82) is 0 Å². The predicted octanol–water partition coefficient (Wildman–Crippen LogP) is 6.84. The minimum absolute atomic E-state index is 0.0820. The topological polar surface area (TPSA) is 48.7 Å². The first kappa shape index (κ1) is 20.2. The number of methoxy groups -OCH3 is 2. The highest BCUT2D eigenvalue weighted by atomic mass is 32.2. The van der Waals surface area contributed by atoms with Crippen LogP contribution in [0, 0.1) is 0 Å². The number of benzene rings is 3. The third-order valence-corrected chi connectivity index (χ3v) is 7.95. The maximum absolute atomic E-state index is 13.6. The molecule has 0 N–H and O–H groups in total. The molecule has 4 aromatic rings. The molecule has 1 aromatic heterocycles. The van der Waals surface area contributed by atoms with Crippen LogP contribution in [0.5, 0.6) is 11.5 Å². The molecule has 1 atom stereocenters. The Hall–Kier alpha value is -3.44. The second-order valence-electron chi connectivity index (χ2n) is 8.62. The molecule has 2 aliphatic rings. The van der Waals surface area contributed by atoms with Gasteiger partial charge in [0.15, 0.2) is 5.76 Å². The van der Waals surface area contributed by atoms with Crippen molar-refractivity contribution < 1.29 is 18.7 Å². The van der Waals surface area contributed by atoms with Gasteiger partial charge in [0.1, 0.15) is 17.8 Å². The van der Waals surface area contributed by atoms with Gasteiger partial charge in [0.05, 0.1) is 14.2 Å². The van der Waals surface area contributed by atoms with Gasteiger partial charge in [-0.2, -0.15) is 0 Å². The van der Waals surface area contributed by atoms with Gasteiger partial charge in [-0.1, -0.05) is 43.0 Å². The molecular weight excluding hydrogens is 432 g/mol. The summed E-state index contributed by atoms with van der Waals surface area (Å²) < 4.78 is 17.2. The lowest BCUT2D eigenvalue weighted by atomic mass is 9.64. The Bertz CT molecular complexity index is 1460. The first-order valence-corrected chi connectivity index (χ1v) is 11.7. The van der Waals surface area contributed by atoms with E-state index in [2.05, 4.69) is 31.2 Å². The average molecular weight is 455 g/mol. The fourth-order valence-corrected chi connectivity index (χ4v) is 6.15. The number of carbonyl (C=O) groups excluding carboxylic acids is 1. The van der Waals surface area contributed by atoms with E-state index in [9.17, 15) is 4.79 Å². The van der Waals surface area contributed by atoms with E-state index in [1.165, 1.54) is 0 Å². The van der Waals surface area contributed by atoms with Crippen molar-refractivity contribution in [2.24, 2.45) is 0 Å². The van der Waals surface area contributed by atoms with Gasteiger partial charge in [-0.3, -0.25) is 4.79 Å². The zero-order chi connectivity index (χ0) is 22.7. The van der Waals surface area contributed by atoms with Gasteiger partial charge in [0, 0.05) is 42.7 Å². The molecule has 4 nitrogen and oxygen atoms in total. The molecule has 2 aliphatic carbocycles. The number of hydrogen-bond acceptors (Lipinski definition) is 5. The summed E-state index contributed by atoms with van der Waals surface area (Å²) in [5.74, 6) is 1.83. The summed E-state index contributed by atoms with van der Waals surface area (Å²) in [6.45, 7) is 2.20. The summed E-state index contributed by atoms with van der Waals surface area (Å²) in [7, 11) is 3.30. The van der Waals surface area contributed by atoms with Crippen LogP contribution in [-0.2, 0) is 5.41 Å². The highest BCUT2D eigenvalue weighted by molar-refractivity contribution is 8.08. The third-order valence-electron chi connectivity index (χ3n) is 6.83. The van der Waals surface area contributed by atoms with Crippen LogP contribution >= 0.6 is 11.8 Å². The summed E-state index contributed by atoms with van der Waals surface area (Å²) in [5.41, 5.74) is 3.29. The molecule has 0 bridgehead atoms. The minimum atomic E-state index is -0.371. The Morgan fingerprint density at radius 2 is 1.64 bits per heavy atom. The van der Waals surface area contributed by atoms with Crippen molar-refractivity contribution in [2.45, 2.75) is 23.7 Å². The molecular formula is C28H22O4S. The number of allylic oxidation sites excluding steroid dienone is 1. The van der Waals surface area contributed by atoms with E-state index >= 15 is 0 Å². The van der Waals surface area contributed by atoms with Crippen molar-refractivity contribution in [3.63, 3.8) is 0 Å². The average Bonchev–Trinajstić information content (AvgIpc) is 3.31. The number of rotatable bonds is 4. The smallest absolute Gasteiger partial charge is 0.228 e. The number of carbonyl (C=O) groups is 1. The molecule has 1 heterocycles. The summed E-state index contributed by atoms with van der Waals surface area (Å²) in [5, 5.41) is 1.79. The molecule has 0 fully saturated rings. The van der Waals surface area contributed by atoms with Crippen molar-refractivity contribution >= 4 is 33.2 Å². The Labute approximate surface area is 196 Å². The van der Waals surface area contributed by atoms with Gasteiger partial charge in [0.2, 0.25) is 5.78 Å².